The van der Waals surface area contributed by atoms with Gasteiger partial charge in [-0.25, -0.2) is 0 Å². The van der Waals surface area contributed by atoms with Crippen LogP contribution in [0.1, 0.15) is 44.6 Å². The highest BCUT2D eigenvalue weighted by Gasteiger charge is 2.13. The van der Waals surface area contributed by atoms with Gasteiger partial charge in [0, 0.05) is 16.1 Å². The van der Waals surface area contributed by atoms with Crippen LogP contribution in [-0.2, 0) is 6.42 Å². The summed E-state index contributed by atoms with van der Waals surface area (Å²) in [6, 6.07) is 6.17. The minimum absolute atomic E-state index is 0.445. The molecule has 20 heavy (non-hydrogen) atoms. The lowest BCUT2D eigenvalue weighted by molar-refractivity contribution is 0.465. The molecule has 0 heterocycles. The maximum atomic E-state index is 6.25. The van der Waals surface area contributed by atoms with Gasteiger partial charge in [0.1, 0.15) is 0 Å². The minimum Gasteiger partial charge on any atom is -0.314 e. The van der Waals surface area contributed by atoms with Crippen LogP contribution in [0.2, 0.25) is 10.0 Å². The van der Waals surface area contributed by atoms with Crippen LogP contribution in [0.4, 0.5) is 0 Å². The van der Waals surface area contributed by atoms with E-state index < -0.39 is 0 Å². The minimum atomic E-state index is 0.445. The van der Waals surface area contributed by atoms with Gasteiger partial charge in [-0.1, -0.05) is 55.1 Å². The van der Waals surface area contributed by atoms with Crippen LogP contribution in [0.15, 0.2) is 30.9 Å². The highest BCUT2D eigenvalue weighted by molar-refractivity contribution is 6.35. The molecule has 1 aromatic rings. The summed E-state index contributed by atoms with van der Waals surface area (Å²) in [4.78, 5) is 0. The maximum Gasteiger partial charge on any atom is 0.0453 e. The molecule has 1 aromatic carbocycles. The Labute approximate surface area is 133 Å². The predicted octanol–water partition coefficient (Wildman–Crippen LogP) is 5.65. The van der Waals surface area contributed by atoms with Crippen molar-refractivity contribution in [3.8, 4) is 0 Å². The van der Waals surface area contributed by atoms with E-state index in [1.807, 2.05) is 24.3 Å². The fourth-order valence-electron chi connectivity index (χ4n) is 2.39. The monoisotopic (exact) mass is 313 g/mol. The summed E-state index contributed by atoms with van der Waals surface area (Å²) in [5.41, 5.74) is 1.06. The Bertz CT molecular complexity index is 384. The van der Waals surface area contributed by atoms with Gasteiger partial charge in [-0.15, -0.1) is 6.58 Å². The van der Waals surface area contributed by atoms with Crippen molar-refractivity contribution in [3.63, 3.8) is 0 Å². The Morgan fingerprint density at radius 1 is 1.20 bits per heavy atom. The van der Waals surface area contributed by atoms with E-state index in [2.05, 4.69) is 18.8 Å². The molecule has 112 valence electrons. The molecule has 0 spiro atoms. The molecule has 1 atom stereocenters. The van der Waals surface area contributed by atoms with E-state index in [1.54, 1.807) is 0 Å². The van der Waals surface area contributed by atoms with Gasteiger partial charge in [-0.3, -0.25) is 0 Å². The third-order valence-electron chi connectivity index (χ3n) is 3.47. The van der Waals surface area contributed by atoms with Gasteiger partial charge in [0.05, 0.1) is 0 Å². The first-order valence-corrected chi connectivity index (χ1v) is 8.21. The van der Waals surface area contributed by atoms with Crippen LogP contribution in [0.3, 0.4) is 0 Å². The topological polar surface area (TPSA) is 12.0 Å². The van der Waals surface area contributed by atoms with Crippen molar-refractivity contribution in [3.05, 3.63) is 46.5 Å². The second-order valence-electron chi connectivity index (χ2n) is 5.09. The summed E-state index contributed by atoms with van der Waals surface area (Å²) in [6.45, 7) is 6.87. The largest absolute Gasteiger partial charge is 0.314 e. The lowest BCUT2D eigenvalue weighted by Crippen LogP contribution is -2.31. The molecule has 1 N–H and O–H groups in total. The van der Waals surface area contributed by atoms with Crippen LogP contribution < -0.4 is 5.32 Å². The van der Waals surface area contributed by atoms with E-state index in [-0.39, 0.29) is 0 Å². The van der Waals surface area contributed by atoms with Crippen molar-refractivity contribution in [1.29, 1.82) is 0 Å². The standard InChI is InChI=1S/C17H25Cl2N/c1-3-5-6-7-8-10-14(20-4-2)13-15-16(18)11-9-12-17(15)19/h3,9,11-12,14,20H,1,4-8,10,13H2,2H3. The summed E-state index contributed by atoms with van der Waals surface area (Å²) in [5, 5.41) is 5.08. The second-order valence-corrected chi connectivity index (χ2v) is 5.90. The molecule has 0 radical (unpaired) electrons. The van der Waals surface area contributed by atoms with Crippen molar-refractivity contribution in [1.82, 2.24) is 5.32 Å². The van der Waals surface area contributed by atoms with Crippen LogP contribution in [0, 0.1) is 0 Å². The van der Waals surface area contributed by atoms with Crippen molar-refractivity contribution < 1.29 is 0 Å². The van der Waals surface area contributed by atoms with E-state index in [1.165, 1.54) is 19.3 Å². The molecule has 1 unspecified atom stereocenters. The Hall–Kier alpha value is -0.500. The molecule has 1 rings (SSSR count). The zero-order chi connectivity index (χ0) is 14.8. The molecular weight excluding hydrogens is 289 g/mol. The molecule has 0 aliphatic rings. The zero-order valence-corrected chi connectivity index (χ0v) is 13.8. The first-order chi connectivity index (χ1) is 9.69. The highest BCUT2D eigenvalue weighted by Crippen LogP contribution is 2.26. The fourth-order valence-corrected chi connectivity index (χ4v) is 2.95. The van der Waals surface area contributed by atoms with E-state index >= 15 is 0 Å². The molecule has 0 saturated heterocycles. The Morgan fingerprint density at radius 2 is 1.90 bits per heavy atom. The van der Waals surface area contributed by atoms with Crippen molar-refractivity contribution in [2.24, 2.45) is 0 Å². The summed E-state index contributed by atoms with van der Waals surface area (Å²) >= 11 is 12.5. The van der Waals surface area contributed by atoms with Crippen LogP contribution in [0.25, 0.3) is 0 Å². The van der Waals surface area contributed by atoms with Gasteiger partial charge < -0.3 is 5.32 Å². The number of rotatable bonds is 10. The number of unbranched alkanes of at least 4 members (excludes halogenated alkanes) is 3. The third kappa shape index (κ3) is 6.30. The van der Waals surface area contributed by atoms with E-state index in [0.717, 1.165) is 41.4 Å². The van der Waals surface area contributed by atoms with Crippen molar-refractivity contribution in [2.75, 3.05) is 6.54 Å². The summed E-state index contributed by atoms with van der Waals surface area (Å²) in [5.74, 6) is 0. The van der Waals surface area contributed by atoms with Gasteiger partial charge in [0.25, 0.3) is 0 Å². The van der Waals surface area contributed by atoms with E-state index in [9.17, 15) is 0 Å². The van der Waals surface area contributed by atoms with Gasteiger partial charge in [0.15, 0.2) is 0 Å². The van der Waals surface area contributed by atoms with Gasteiger partial charge in [0.2, 0.25) is 0 Å². The number of halogens is 2. The van der Waals surface area contributed by atoms with Crippen LogP contribution >= 0.6 is 23.2 Å². The molecular formula is C17H25Cl2N. The van der Waals surface area contributed by atoms with Crippen LogP contribution in [-0.4, -0.2) is 12.6 Å². The van der Waals surface area contributed by atoms with E-state index in [4.69, 9.17) is 23.2 Å². The van der Waals surface area contributed by atoms with Gasteiger partial charge in [-0.2, -0.15) is 0 Å². The van der Waals surface area contributed by atoms with Gasteiger partial charge >= 0.3 is 0 Å². The lowest BCUT2D eigenvalue weighted by atomic mass is 9.99. The molecule has 0 aliphatic heterocycles. The Kier molecular flexibility index (Phi) is 9.00. The number of nitrogens with one attached hydrogen (secondary N) is 1. The average Bonchev–Trinajstić information content (AvgIpc) is 2.42. The number of benzene rings is 1. The summed E-state index contributed by atoms with van der Waals surface area (Å²) < 4.78 is 0. The first-order valence-electron chi connectivity index (χ1n) is 7.46. The molecule has 0 aromatic heterocycles. The number of likely N-dealkylation sites (N-methyl/N-ethyl adjacent to an activating group) is 1. The molecule has 0 saturated carbocycles. The third-order valence-corrected chi connectivity index (χ3v) is 4.17. The lowest BCUT2D eigenvalue weighted by Gasteiger charge is -2.19. The molecule has 0 amide bonds. The molecule has 3 heteroatoms. The summed E-state index contributed by atoms with van der Waals surface area (Å²) in [7, 11) is 0. The zero-order valence-electron chi connectivity index (χ0n) is 12.3. The number of allylic oxidation sites excluding steroid dienone is 1. The van der Waals surface area contributed by atoms with Gasteiger partial charge in [-0.05, 0) is 49.9 Å². The molecule has 0 fully saturated rings. The van der Waals surface area contributed by atoms with Crippen LogP contribution in [0.5, 0.6) is 0 Å². The summed E-state index contributed by atoms with van der Waals surface area (Å²) in [6.07, 6.45) is 8.88. The van der Waals surface area contributed by atoms with Crippen molar-refractivity contribution >= 4 is 23.2 Å². The molecule has 0 bridgehead atoms. The number of hydrogen-bond acceptors (Lipinski definition) is 1. The molecule has 1 nitrogen and oxygen atoms in total. The quantitative estimate of drug-likeness (QED) is 0.434. The smallest absolute Gasteiger partial charge is 0.0453 e. The molecule has 0 aliphatic carbocycles. The fraction of sp³-hybridized carbons (Fsp3) is 0.529. The Morgan fingerprint density at radius 3 is 2.50 bits per heavy atom. The highest BCUT2D eigenvalue weighted by atomic mass is 35.5. The normalized spacial score (nSPS) is 12.3. The second kappa shape index (κ2) is 10.3. The first kappa shape index (κ1) is 17.6. The van der Waals surface area contributed by atoms with E-state index in [0.29, 0.717) is 6.04 Å². The maximum absolute atomic E-state index is 6.25. The Balaban J connectivity index is 2.51. The van der Waals surface area contributed by atoms with Crippen molar-refractivity contribution in [2.45, 2.75) is 51.5 Å². The SMILES string of the molecule is C=CCCCCCC(Cc1c(Cl)cccc1Cl)NCC. The average molecular weight is 314 g/mol. The number of hydrogen-bond donors (Lipinski definition) is 1. The predicted molar refractivity (Wildman–Crippen MR) is 90.9 cm³/mol.